The fraction of sp³-hybridized carbons (Fsp3) is 0.350. The van der Waals surface area contributed by atoms with Crippen LogP contribution in [0.3, 0.4) is 0 Å². The molecule has 2 aromatic carbocycles. The van der Waals surface area contributed by atoms with Gasteiger partial charge in [-0.1, -0.05) is 54.6 Å². The Kier molecular flexibility index (Phi) is 5.49. The summed E-state index contributed by atoms with van der Waals surface area (Å²) in [6, 6.07) is 19.2. The summed E-state index contributed by atoms with van der Waals surface area (Å²) in [7, 11) is 2.02. The summed E-state index contributed by atoms with van der Waals surface area (Å²) in [6.07, 6.45) is 2.45. The van der Waals surface area contributed by atoms with Gasteiger partial charge in [-0.3, -0.25) is 0 Å². The molecule has 0 aliphatic heterocycles. The van der Waals surface area contributed by atoms with Crippen LogP contribution in [-0.4, -0.2) is 23.9 Å². The van der Waals surface area contributed by atoms with Crippen molar-refractivity contribution < 1.29 is 4.74 Å². The predicted octanol–water partition coefficient (Wildman–Crippen LogP) is 3.31. The van der Waals surface area contributed by atoms with Crippen molar-refractivity contribution in [2.45, 2.75) is 38.6 Å². The lowest BCUT2D eigenvalue weighted by atomic mass is 10.1. The number of nitrogens with zero attached hydrogens (tertiary/aromatic N) is 2. The third-order valence-electron chi connectivity index (χ3n) is 4.25. The van der Waals surface area contributed by atoms with Crippen LogP contribution in [0.5, 0.6) is 0 Å². The molecule has 0 atom stereocenters. The summed E-state index contributed by atoms with van der Waals surface area (Å²) in [4.78, 5) is 6.58. The summed E-state index contributed by atoms with van der Waals surface area (Å²) in [5.41, 5.74) is 9.54. The van der Waals surface area contributed by atoms with Gasteiger partial charge in [-0.05, 0) is 29.5 Å². The van der Waals surface area contributed by atoms with E-state index >= 15 is 0 Å². The molecule has 0 bridgehead atoms. The molecule has 2 aromatic rings. The van der Waals surface area contributed by atoms with Gasteiger partial charge in [0.15, 0.2) is 5.96 Å². The molecule has 1 aliphatic carbocycles. The standard InChI is InChI=1S/C20H25N3O/c1-23(19-10-11-19)20(21)22-13-17-8-5-9-18(12-17)15-24-14-16-6-3-2-4-7-16/h2-9,12,19H,10-11,13-15H2,1H3,(H2,21,22). The van der Waals surface area contributed by atoms with Crippen molar-refractivity contribution in [3.05, 3.63) is 71.3 Å². The summed E-state index contributed by atoms with van der Waals surface area (Å²) in [6.45, 7) is 1.83. The molecule has 1 saturated carbocycles. The lowest BCUT2D eigenvalue weighted by Crippen LogP contribution is -2.35. The van der Waals surface area contributed by atoms with E-state index in [1.807, 2.05) is 31.3 Å². The fourth-order valence-electron chi connectivity index (χ4n) is 2.61. The average molecular weight is 323 g/mol. The molecule has 0 aromatic heterocycles. The van der Waals surface area contributed by atoms with Crippen molar-refractivity contribution in [1.82, 2.24) is 4.90 Å². The highest BCUT2D eigenvalue weighted by atomic mass is 16.5. The van der Waals surface area contributed by atoms with Gasteiger partial charge in [-0.2, -0.15) is 0 Å². The molecule has 2 N–H and O–H groups in total. The Hall–Kier alpha value is -2.33. The van der Waals surface area contributed by atoms with Crippen molar-refractivity contribution in [2.24, 2.45) is 10.7 Å². The van der Waals surface area contributed by atoms with Crippen LogP contribution in [-0.2, 0) is 24.5 Å². The molecule has 126 valence electrons. The Morgan fingerprint density at radius 1 is 1.04 bits per heavy atom. The minimum absolute atomic E-state index is 0.589. The lowest BCUT2D eigenvalue weighted by Gasteiger charge is -2.16. The van der Waals surface area contributed by atoms with Crippen LogP contribution in [0.15, 0.2) is 59.6 Å². The molecule has 0 heterocycles. The molecule has 0 radical (unpaired) electrons. The van der Waals surface area contributed by atoms with E-state index in [0.717, 1.165) is 11.1 Å². The molecular weight excluding hydrogens is 298 g/mol. The summed E-state index contributed by atoms with van der Waals surface area (Å²) in [5.74, 6) is 0.628. The van der Waals surface area contributed by atoms with E-state index in [4.69, 9.17) is 10.5 Å². The average Bonchev–Trinajstić information content (AvgIpc) is 3.45. The van der Waals surface area contributed by atoms with E-state index in [9.17, 15) is 0 Å². The zero-order valence-corrected chi connectivity index (χ0v) is 14.2. The van der Waals surface area contributed by atoms with Crippen LogP contribution in [0.25, 0.3) is 0 Å². The number of hydrogen-bond donors (Lipinski definition) is 1. The lowest BCUT2D eigenvalue weighted by molar-refractivity contribution is 0.107. The van der Waals surface area contributed by atoms with E-state index in [2.05, 4.69) is 40.2 Å². The van der Waals surface area contributed by atoms with Gasteiger partial charge < -0.3 is 15.4 Å². The highest BCUT2D eigenvalue weighted by molar-refractivity contribution is 5.78. The number of hydrogen-bond acceptors (Lipinski definition) is 2. The Labute approximate surface area is 144 Å². The molecule has 24 heavy (non-hydrogen) atoms. The molecule has 4 heteroatoms. The van der Waals surface area contributed by atoms with Gasteiger partial charge in [0, 0.05) is 13.1 Å². The van der Waals surface area contributed by atoms with E-state index in [-0.39, 0.29) is 0 Å². The van der Waals surface area contributed by atoms with Gasteiger partial charge in [0.1, 0.15) is 0 Å². The molecule has 0 amide bonds. The molecular formula is C20H25N3O. The van der Waals surface area contributed by atoms with Gasteiger partial charge in [-0.15, -0.1) is 0 Å². The summed E-state index contributed by atoms with van der Waals surface area (Å²) < 4.78 is 5.80. The largest absolute Gasteiger partial charge is 0.372 e. The first-order valence-electron chi connectivity index (χ1n) is 8.44. The monoisotopic (exact) mass is 323 g/mol. The molecule has 1 fully saturated rings. The van der Waals surface area contributed by atoms with Crippen LogP contribution in [0.2, 0.25) is 0 Å². The Bertz CT molecular complexity index is 680. The van der Waals surface area contributed by atoms with Crippen LogP contribution >= 0.6 is 0 Å². The van der Waals surface area contributed by atoms with Crippen molar-refractivity contribution in [3.63, 3.8) is 0 Å². The quantitative estimate of drug-likeness (QED) is 0.628. The number of benzene rings is 2. The second-order valence-corrected chi connectivity index (χ2v) is 6.31. The van der Waals surface area contributed by atoms with Gasteiger partial charge >= 0.3 is 0 Å². The van der Waals surface area contributed by atoms with Gasteiger partial charge in [0.25, 0.3) is 0 Å². The highest BCUT2D eigenvalue weighted by Crippen LogP contribution is 2.24. The maximum Gasteiger partial charge on any atom is 0.191 e. The van der Waals surface area contributed by atoms with E-state index < -0.39 is 0 Å². The first-order chi connectivity index (χ1) is 11.7. The second-order valence-electron chi connectivity index (χ2n) is 6.31. The summed E-state index contributed by atoms with van der Waals surface area (Å²) in [5, 5.41) is 0. The van der Waals surface area contributed by atoms with Crippen LogP contribution < -0.4 is 5.73 Å². The smallest absolute Gasteiger partial charge is 0.191 e. The highest BCUT2D eigenvalue weighted by Gasteiger charge is 2.27. The molecule has 4 nitrogen and oxygen atoms in total. The molecule has 1 aliphatic rings. The predicted molar refractivity (Wildman–Crippen MR) is 97.5 cm³/mol. The topological polar surface area (TPSA) is 50.8 Å². The van der Waals surface area contributed by atoms with Gasteiger partial charge in [0.05, 0.1) is 19.8 Å². The zero-order valence-electron chi connectivity index (χ0n) is 14.2. The fourth-order valence-corrected chi connectivity index (χ4v) is 2.61. The minimum atomic E-state index is 0.589. The summed E-state index contributed by atoms with van der Waals surface area (Å²) >= 11 is 0. The maximum atomic E-state index is 6.04. The maximum absolute atomic E-state index is 6.04. The normalized spacial score (nSPS) is 14.6. The Morgan fingerprint density at radius 3 is 2.46 bits per heavy atom. The second kappa shape index (κ2) is 7.97. The number of aliphatic imine (C=N–C) groups is 1. The molecule has 3 rings (SSSR count). The Balaban J connectivity index is 1.51. The van der Waals surface area contributed by atoms with Crippen LogP contribution in [0, 0.1) is 0 Å². The molecule has 0 unspecified atom stereocenters. The number of rotatable bonds is 7. The number of nitrogens with two attached hydrogens (primary N) is 1. The third kappa shape index (κ3) is 4.83. The first-order valence-corrected chi connectivity index (χ1v) is 8.44. The number of guanidine groups is 1. The van der Waals surface area contributed by atoms with E-state index in [0.29, 0.717) is 31.8 Å². The van der Waals surface area contributed by atoms with Crippen LogP contribution in [0.4, 0.5) is 0 Å². The first kappa shape index (κ1) is 16.5. The molecule has 0 saturated heterocycles. The SMILES string of the molecule is CN(C(N)=NCc1cccc(COCc2ccccc2)c1)C1CC1. The Morgan fingerprint density at radius 2 is 1.71 bits per heavy atom. The third-order valence-corrected chi connectivity index (χ3v) is 4.25. The minimum Gasteiger partial charge on any atom is -0.372 e. The van der Waals surface area contributed by atoms with Crippen molar-refractivity contribution in [2.75, 3.05) is 7.05 Å². The van der Waals surface area contributed by atoms with Gasteiger partial charge in [-0.25, -0.2) is 4.99 Å². The van der Waals surface area contributed by atoms with Crippen molar-refractivity contribution in [1.29, 1.82) is 0 Å². The van der Waals surface area contributed by atoms with Crippen molar-refractivity contribution in [3.8, 4) is 0 Å². The zero-order chi connectivity index (χ0) is 16.8. The number of ether oxygens (including phenoxy) is 1. The van der Waals surface area contributed by atoms with Gasteiger partial charge in [0.2, 0.25) is 0 Å². The molecule has 0 spiro atoms. The van der Waals surface area contributed by atoms with E-state index in [1.54, 1.807) is 0 Å². The van der Waals surface area contributed by atoms with Crippen LogP contribution in [0.1, 0.15) is 29.5 Å². The van der Waals surface area contributed by atoms with E-state index in [1.165, 1.54) is 18.4 Å². The van der Waals surface area contributed by atoms with Crippen molar-refractivity contribution >= 4 is 5.96 Å².